The zero-order chi connectivity index (χ0) is 12.4. The van der Waals surface area contributed by atoms with E-state index in [0.717, 1.165) is 6.54 Å². The largest absolute Gasteiger partial charge is 0.288 e. The molecule has 0 aliphatic rings. The van der Waals surface area contributed by atoms with Crippen LogP contribution >= 0.6 is 23.2 Å². The zero-order valence-corrected chi connectivity index (χ0v) is 10.7. The Bertz CT molecular complexity index is 563. The molecule has 2 aromatic rings. The Labute approximate surface area is 109 Å². The predicted octanol–water partition coefficient (Wildman–Crippen LogP) is 3.44. The third-order valence-electron chi connectivity index (χ3n) is 2.40. The maximum absolute atomic E-state index is 12.1. The number of aromatic nitrogens is 2. The molecule has 0 amide bonds. The number of rotatable bonds is 3. The fourth-order valence-electron chi connectivity index (χ4n) is 1.46. The van der Waals surface area contributed by atoms with E-state index in [1.807, 2.05) is 6.92 Å². The maximum Gasteiger partial charge on any atom is 0.196 e. The molecule has 1 aromatic carbocycles. The molecule has 0 aliphatic carbocycles. The van der Waals surface area contributed by atoms with Gasteiger partial charge < -0.3 is 0 Å². The molecule has 0 aliphatic heterocycles. The van der Waals surface area contributed by atoms with Crippen molar-refractivity contribution in [3.63, 3.8) is 0 Å². The van der Waals surface area contributed by atoms with Crippen molar-refractivity contribution < 1.29 is 4.79 Å². The molecule has 0 saturated carbocycles. The van der Waals surface area contributed by atoms with Gasteiger partial charge >= 0.3 is 0 Å². The first kappa shape index (κ1) is 12.1. The van der Waals surface area contributed by atoms with Crippen LogP contribution < -0.4 is 0 Å². The summed E-state index contributed by atoms with van der Waals surface area (Å²) in [6.07, 6.45) is 3.26. The van der Waals surface area contributed by atoms with E-state index in [4.69, 9.17) is 23.2 Å². The predicted molar refractivity (Wildman–Crippen MR) is 67.8 cm³/mol. The van der Waals surface area contributed by atoms with Crippen LogP contribution in [-0.2, 0) is 6.54 Å². The molecular weight excluding hydrogens is 259 g/mol. The van der Waals surface area contributed by atoms with Gasteiger partial charge in [0.25, 0.3) is 0 Å². The summed E-state index contributed by atoms with van der Waals surface area (Å²) < 4.78 is 1.70. The Morgan fingerprint density at radius 2 is 2.06 bits per heavy atom. The lowest BCUT2D eigenvalue weighted by atomic mass is 10.1. The van der Waals surface area contributed by atoms with Crippen LogP contribution in [0.5, 0.6) is 0 Å². The van der Waals surface area contributed by atoms with Crippen LogP contribution in [0.25, 0.3) is 0 Å². The monoisotopic (exact) mass is 268 g/mol. The van der Waals surface area contributed by atoms with Gasteiger partial charge in [-0.3, -0.25) is 9.48 Å². The molecule has 0 saturated heterocycles. The minimum absolute atomic E-state index is 0.108. The average molecular weight is 269 g/mol. The molecule has 0 bridgehead atoms. The first-order valence-electron chi connectivity index (χ1n) is 5.14. The number of nitrogens with zero attached hydrogens (tertiary/aromatic N) is 2. The number of halogens is 2. The van der Waals surface area contributed by atoms with Crippen molar-refractivity contribution in [3.05, 3.63) is 51.8 Å². The molecule has 2 rings (SSSR count). The summed E-state index contributed by atoms with van der Waals surface area (Å²) in [6.45, 7) is 2.69. The van der Waals surface area contributed by atoms with E-state index in [1.165, 1.54) is 0 Å². The normalized spacial score (nSPS) is 10.5. The van der Waals surface area contributed by atoms with Crippen molar-refractivity contribution in [3.8, 4) is 0 Å². The SMILES string of the molecule is CCn1cc(C(=O)c2ccc(Cl)c(Cl)c2)cn1. The second-order valence-electron chi connectivity index (χ2n) is 3.54. The molecule has 5 heteroatoms. The van der Waals surface area contributed by atoms with Crippen LogP contribution in [0.15, 0.2) is 30.6 Å². The molecule has 0 radical (unpaired) electrons. The maximum atomic E-state index is 12.1. The third-order valence-corrected chi connectivity index (χ3v) is 3.14. The molecule has 0 fully saturated rings. The van der Waals surface area contributed by atoms with Gasteiger partial charge in [-0.2, -0.15) is 5.10 Å². The van der Waals surface area contributed by atoms with E-state index < -0.39 is 0 Å². The minimum Gasteiger partial charge on any atom is -0.288 e. The Balaban J connectivity index is 2.33. The minimum atomic E-state index is -0.108. The molecule has 0 unspecified atom stereocenters. The van der Waals surface area contributed by atoms with Gasteiger partial charge in [0.1, 0.15) is 0 Å². The summed E-state index contributed by atoms with van der Waals surface area (Å²) in [6, 6.07) is 4.83. The molecular formula is C12H10Cl2N2O. The molecule has 0 spiro atoms. The number of aryl methyl sites for hydroxylation is 1. The molecule has 3 nitrogen and oxygen atoms in total. The number of hydrogen-bond donors (Lipinski definition) is 0. The van der Waals surface area contributed by atoms with Gasteiger partial charge in [0.15, 0.2) is 5.78 Å². The smallest absolute Gasteiger partial charge is 0.196 e. The van der Waals surface area contributed by atoms with Gasteiger partial charge in [-0.15, -0.1) is 0 Å². The number of hydrogen-bond acceptors (Lipinski definition) is 2. The van der Waals surface area contributed by atoms with Gasteiger partial charge in [0.05, 0.1) is 21.8 Å². The Morgan fingerprint density at radius 1 is 1.29 bits per heavy atom. The van der Waals surface area contributed by atoms with Crippen LogP contribution in [0.3, 0.4) is 0 Å². The first-order valence-corrected chi connectivity index (χ1v) is 5.89. The lowest BCUT2D eigenvalue weighted by molar-refractivity contribution is 0.103. The summed E-state index contributed by atoms with van der Waals surface area (Å²) >= 11 is 11.7. The highest BCUT2D eigenvalue weighted by Crippen LogP contribution is 2.23. The Morgan fingerprint density at radius 3 is 2.65 bits per heavy atom. The summed E-state index contributed by atoms with van der Waals surface area (Å²) in [5, 5.41) is 4.87. The van der Waals surface area contributed by atoms with E-state index in [1.54, 1.807) is 35.3 Å². The third kappa shape index (κ3) is 2.51. The van der Waals surface area contributed by atoms with Crippen LogP contribution in [0.2, 0.25) is 10.0 Å². The fourth-order valence-corrected chi connectivity index (χ4v) is 1.76. The topological polar surface area (TPSA) is 34.9 Å². The average Bonchev–Trinajstić information content (AvgIpc) is 2.80. The fraction of sp³-hybridized carbons (Fsp3) is 0.167. The van der Waals surface area contributed by atoms with Crippen molar-refractivity contribution in [1.29, 1.82) is 0 Å². The Hall–Kier alpha value is -1.32. The van der Waals surface area contributed by atoms with Gasteiger partial charge in [-0.1, -0.05) is 23.2 Å². The van der Waals surface area contributed by atoms with Gasteiger partial charge in [-0.05, 0) is 25.1 Å². The van der Waals surface area contributed by atoms with Crippen molar-refractivity contribution in [2.45, 2.75) is 13.5 Å². The summed E-state index contributed by atoms with van der Waals surface area (Å²) in [5.41, 5.74) is 1.06. The Kier molecular flexibility index (Phi) is 3.50. The quantitative estimate of drug-likeness (QED) is 0.800. The highest BCUT2D eigenvalue weighted by atomic mass is 35.5. The molecule has 0 atom stereocenters. The first-order chi connectivity index (χ1) is 8.11. The van der Waals surface area contributed by atoms with E-state index >= 15 is 0 Å². The molecule has 0 N–H and O–H groups in total. The molecule has 88 valence electrons. The highest BCUT2D eigenvalue weighted by Gasteiger charge is 2.12. The van der Waals surface area contributed by atoms with Crippen LogP contribution in [-0.4, -0.2) is 15.6 Å². The number of carbonyl (C=O) groups excluding carboxylic acids is 1. The van der Waals surface area contributed by atoms with Crippen LogP contribution in [0.4, 0.5) is 0 Å². The van der Waals surface area contributed by atoms with E-state index in [2.05, 4.69) is 5.10 Å². The van der Waals surface area contributed by atoms with Crippen molar-refractivity contribution in [1.82, 2.24) is 9.78 Å². The van der Waals surface area contributed by atoms with E-state index in [-0.39, 0.29) is 5.78 Å². The zero-order valence-electron chi connectivity index (χ0n) is 9.15. The van der Waals surface area contributed by atoms with E-state index in [0.29, 0.717) is 21.2 Å². The summed E-state index contributed by atoms with van der Waals surface area (Å²) in [7, 11) is 0. The summed E-state index contributed by atoms with van der Waals surface area (Å²) in [4.78, 5) is 12.1. The lowest BCUT2D eigenvalue weighted by Gasteiger charge is -2.00. The highest BCUT2D eigenvalue weighted by molar-refractivity contribution is 6.42. The number of carbonyl (C=O) groups is 1. The summed E-state index contributed by atoms with van der Waals surface area (Å²) in [5.74, 6) is -0.108. The molecule has 1 aromatic heterocycles. The standard InChI is InChI=1S/C12H10Cl2N2O/c1-2-16-7-9(6-15-16)12(17)8-3-4-10(13)11(14)5-8/h3-7H,2H2,1H3. The van der Waals surface area contributed by atoms with Crippen molar-refractivity contribution in [2.75, 3.05) is 0 Å². The molecule has 1 heterocycles. The molecule has 17 heavy (non-hydrogen) atoms. The van der Waals surface area contributed by atoms with Crippen LogP contribution in [0.1, 0.15) is 22.8 Å². The van der Waals surface area contributed by atoms with Crippen molar-refractivity contribution >= 4 is 29.0 Å². The number of benzene rings is 1. The second-order valence-corrected chi connectivity index (χ2v) is 4.36. The van der Waals surface area contributed by atoms with Gasteiger partial charge in [0.2, 0.25) is 0 Å². The lowest BCUT2D eigenvalue weighted by Crippen LogP contribution is -2.00. The van der Waals surface area contributed by atoms with Crippen molar-refractivity contribution in [2.24, 2.45) is 0 Å². The van der Waals surface area contributed by atoms with Crippen LogP contribution in [0, 0.1) is 0 Å². The van der Waals surface area contributed by atoms with E-state index in [9.17, 15) is 4.79 Å². The van der Waals surface area contributed by atoms with Gasteiger partial charge in [0, 0.05) is 18.3 Å². The number of ketones is 1. The second kappa shape index (κ2) is 4.90. The van der Waals surface area contributed by atoms with Gasteiger partial charge in [-0.25, -0.2) is 0 Å².